The second-order valence-corrected chi connectivity index (χ2v) is 5.16. The van der Waals surface area contributed by atoms with Crippen LogP contribution in [0, 0.1) is 0 Å². The van der Waals surface area contributed by atoms with Gasteiger partial charge in [-0.25, -0.2) is 0 Å². The van der Waals surface area contributed by atoms with Gasteiger partial charge in [0.05, 0.1) is 6.54 Å². The zero-order valence-electron chi connectivity index (χ0n) is 13.3. The number of hydrogen-bond acceptors (Lipinski definition) is 2. The molecule has 1 atom stereocenters. The van der Waals surface area contributed by atoms with E-state index in [1.807, 2.05) is 18.7 Å². The SMILES string of the molecule is CCCc1ccc(C(C)NCC(=O)N(CC)CC)cc1. The van der Waals surface area contributed by atoms with Gasteiger partial charge in [0.25, 0.3) is 0 Å². The van der Waals surface area contributed by atoms with Crippen LogP contribution in [0.25, 0.3) is 0 Å². The Morgan fingerprint density at radius 1 is 1.15 bits per heavy atom. The smallest absolute Gasteiger partial charge is 0.236 e. The van der Waals surface area contributed by atoms with Gasteiger partial charge in [-0.3, -0.25) is 4.79 Å². The fraction of sp³-hybridized carbons (Fsp3) is 0.588. The minimum Gasteiger partial charge on any atom is -0.342 e. The van der Waals surface area contributed by atoms with E-state index in [1.54, 1.807) is 0 Å². The van der Waals surface area contributed by atoms with E-state index in [0.29, 0.717) is 6.54 Å². The topological polar surface area (TPSA) is 32.3 Å². The van der Waals surface area contributed by atoms with E-state index in [1.165, 1.54) is 17.5 Å². The normalized spacial score (nSPS) is 12.2. The highest BCUT2D eigenvalue weighted by molar-refractivity contribution is 5.78. The zero-order valence-corrected chi connectivity index (χ0v) is 13.3. The summed E-state index contributed by atoms with van der Waals surface area (Å²) < 4.78 is 0. The maximum absolute atomic E-state index is 11.9. The van der Waals surface area contributed by atoms with Crippen molar-refractivity contribution in [1.29, 1.82) is 0 Å². The first-order valence-electron chi connectivity index (χ1n) is 7.72. The van der Waals surface area contributed by atoms with E-state index in [0.717, 1.165) is 19.5 Å². The molecule has 0 radical (unpaired) electrons. The molecule has 112 valence electrons. The van der Waals surface area contributed by atoms with Gasteiger partial charge in [-0.1, -0.05) is 37.6 Å². The highest BCUT2D eigenvalue weighted by Gasteiger charge is 2.11. The Labute approximate surface area is 123 Å². The van der Waals surface area contributed by atoms with Crippen molar-refractivity contribution in [2.24, 2.45) is 0 Å². The summed E-state index contributed by atoms with van der Waals surface area (Å²) in [5, 5.41) is 3.31. The largest absolute Gasteiger partial charge is 0.342 e. The Hall–Kier alpha value is -1.35. The highest BCUT2D eigenvalue weighted by Crippen LogP contribution is 2.14. The monoisotopic (exact) mass is 276 g/mol. The van der Waals surface area contributed by atoms with Gasteiger partial charge in [0, 0.05) is 19.1 Å². The predicted molar refractivity (Wildman–Crippen MR) is 84.8 cm³/mol. The van der Waals surface area contributed by atoms with Gasteiger partial charge in [-0.15, -0.1) is 0 Å². The van der Waals surface area contributed by atoms with E-state index < -0.39 is 0 Å². The van der Waals surface area contributed by atoms with Crippen molar-refractivity contribution < 1.29 is 4.79 Å². The molecule has 1 unspecified atom stereocenters. The molecule has 0 aromatic heterocycles. The molecule has 0 aliphatic carbocycles. The van der Waals surface area contributed by atoms with Gasteiger partial charge in [-0.2, -0.15) is 0 Å². The van der Waals surface area contributed by atoms with Crippen LogP contribution < -0.4 is 5.32 Å². The lowest BCUT2D eigenvalue weighted by Crippen LogP contribution is -2.38. The van der Waals surface area contributed by atoms with Gasteiger partial charge in [0.15, 0.2) is 0 Å². The second kappa shape index (κ2) is 8.75. The summed E-state index contributed by atoms with van der Waals surface area (Å²) in [5.41, 5.74) is 2.61. The molecule has 0 bridgehead atoms. The lowest BCUT2D eigenvalue weighted by molar-refractivity contribution is -0.129. The predicted octanol–water partition coefficient (Wildman–Crippen LogP) is 3.16. The van der Waals surface area contributed by atoms with Crippen molar-refractivity contribution in [2.75, 3.05) is 19.6 Å². The molecule has 0 fully saturated rings. The number of benzene rings is 1. The van der Waals surface area contributed by atoms with Crippen LogP contribution >= 0.6 is 0 Å². The van der Waals surface area contributed by atoms with Gasteiger partial charge in [0.1, 0.15) is 0 Å². The van der Waals surface area contributed by atoms with Crippen molar-refractivity contribution in [3.8, 4) is 0 Å². The van der Waals surface area contributed by atoms with Gasteiger partial charge >= 0.3 is 0 Å². The third kappa shape index (κ3) is 4.97. The van der Waals surface area contributed by atoms with E-state index >= 15 is 0 Å². The molecule has 1 N–H and O–H groups in total. The second-order valence-electron chi connectivity index (χ2n) is 5.16. The Kier molecular flexibility index (Phi) is 7.31. The highest BCUT2D eigenvalue weighted by atomic mass is 16.2. The van der Waals surface area contributed by atoms with Crippen molar-refractivity contribution in [3.63, 3.8) is 0 Å². The molecule has 0 aliphatic rings. The van der Waals surface area contributed by atoms with Crippen LogP contribution in [0.15, 0.2) is 24.3 Å². The molecular weight excluding hydrogens is 248 g/mol. The van der Waals surface area contributed by atoms with Crippen LogP contribution in [0.1, 0.15) is 51.3 Å². The Balaban J connectivity index is 2.49. The first kappa shape index (κ1) is 16.7. The number of rotatable bonds is 8. The molecule has 20 heavy (non-hydrogen) atoms. The first-order chi connectivity index (χ1) is 9.62. The lowest BCUT2D eigenvalue weighted by Gasteiger charge is -2.21. The minimum atomic E-state index is 0.171. The van der Waals surface area contributed by atoms with Crippen molar-refractivity contribution in [2.45, 2.75) is 46.6 Å². The van der Waals surface area contributed by atoms with Crippen LogP contribution in [0.3, 0.4) is 0 Å². The van der Waals surface area contributed by atoms with Crippen LogP contribution in [-0.2, 0) is 11.2 Å². The van der Waals surface area contributed by atoms with E-state index in [-0.39, 0.29) is 11.9 Å². The van der Waals surface area contributed by atoms with E-state index in [4.69, 9.17) is 0 Å². The number of carbonyl (C=O) groups is 1. The van der Waals surface area contributed by atoms with Gasteiger partial charge in [-0.05, 0) is 38.3 Å². The maximum Gasteiger partial charge on any atom is 0.236 e. The molecular formula is C17H28N2O. The van der Waals surface area contributed by atoms with E-state index in [2.05, 4.69) is 43.4 Å². The summed E-state index contributed by atoms with van der Waals surface area (Å²) >= 11 is 0. The van der Waals surface area contributed by atoms with Gasteiger partial charge < -0.3 is 10.2 Å². The number of hydrogen-bond donors (Lipinski definition) is 1. The Morgan fingerprint density at radius 3 is 2.25 bits per heavy atom. The quantitative estimate of drug-likeness (QED) is 0.791. The van der Waals surface area contributed by atoms with Gasteiger partial charge in [0.2, 0.25) is 5.91 Å². The molecule has 0 saturated heterocycles. The molecule has 0 saturated carbocycles. The fourth-order valence-corrected chi connectivity index (χ4v) is 2.31. The molecule has 1 aromatic rings. The summed E-state index contributed by atoms with van der Waals surface area (Å²) in [7, 11) is 0. The van der Waals surface area contributed by atoms with Crippen LogP contribution in [-0.4, -0.2) is 30.4 Å². The van der Waals surface area contributed by atoms with E-state index in [9.17, 15) is 4.79 Å². The summed E-state index contributed by atoms with van der Waals surface area (Å²) in [6, 6.07) is 8.88. The summed E-state index contributed by atoms with van der Waals surface area (Å²) in [4.78, 5) is 13.8. The number of nitrogens with one attached hydrogen (secondary N) is 1. The minimum absolute atomic E-state index is 0.171. The number of likely N-dealkylation sites (N-methyl/N-ethyl adjacent to an activating group) is 1. The van der Waals surface area contributed by atoms with Crippen molar-refractivity contribution in [3.05, 3.63) is 35.4 Å². The summed E-state index contributed by atoms with van der Waals surface area (Å²) in [6.07, 6.45) is 2.30. The van der Waals surface area contributed by atoms with Crippen LogP contribution in [0.2, 0.25) is 0 Å². The molecule has 3 nitrogen and oxygen atoms in total. The Morgan fingerprint density at radius 2 is 1.75 bits per heavy atom. The fourth-order valence-electron chi connectivity index (χ4n) is 2.31. The third-order valence-electron chi connectivity index (χ3n) is 3.69. The lowest BCUT2D eigenvalue weighted by atomic mass is 10.0. The van der Waals surface area contributed by atoms with Crippen LogP contribution in [0.5, 0.6) is 0 Å². The first-order valence-corrected chi connectivity index (χ1v) is 7.72. The third-order valence-corrected chi connectivity index (χ3v) is 3.69. The average Bonchev–Trinajstić information content (AvgIpc) is 2.47. The standard InChI is InChI=1S/C17H28N2O/c1-5-8-15-9-11-16(12-10-15)14(4)18-13-17(20)19(6-2)7-3/h9-12,14,18H,5-8,13H2,1-4H3. The summed E-state index contributed by atoms with van der Waals surface area (Å²) in [6.45, 7) is 10.3. The van der Waals surface area contributed by atoms with Crippen molar-refractivity contribution in [1.82, 2.24) is 10.2 Å². The average molecular weight is 276 g/mol. The molecule has 3 heteroatoms. The molecule has 1 rings (SSSR count). The number of aryl methyl sites for hydroxylation is 1. The van der Waals surface area contributed by atoms with Crippen molar-refractivity contribution >= 4 is 5.91 Å². The molecule has 0 aliphatic heterocycles. The molecule has 0 spiro atoms. The zero-order chi connectivity index (χ0) is 15.0. The summed E-state index contributed by atoms with van der Waals surface area (Å²) in [5.74, 6) is 0.171. The maximum atomic E-state index is 11.9. The number of amides is 1. The molecule has 1 amide bonds. The molecule has 0 heterocycles. The Bertz CT molecular complexity index is 396. The van der Waals surface area contributed by atoms with Crippen LogP contribution in [0.4, 0.5) is 0 Å². The molecule has 1 aromatic carbocycles. The number of carbonyl (C=O) groups excluding carboxylic acids is 1. The number of nitrogens with zero attached hydrogens (tertiary/aromatic N) is 1.